The summed E-state index contributed by atoms with van der Waals surface area (Å²) in [7, 11) is 4.11. The number of ketones is 3. The molecule has 36 nitrogen and oxygen atoms in total. The second-order valence-corrected chi connectivity index (χ2v) is 31.2. The van der Waals surface area contributed by atoms with Crippen molar-refractivity contribution in [3.63, 3.8) is 0 Å². The average Bonchev–Trinajstić information content (AvgIpc) is 1.60. The van der Waals surface area contributed by atoms with Crippen molar-refractivity contribution in [3.05, 3.63) is 73.7 Å². The van der Waals surface area contributed by atoms with Crippen LogP contribution in [0.15, 0.2) is 51.2 Å². The van der Waals surface area contributed by atoms with Crippen LogP contribution in [-0.4, -0.2) is 225 Å². The van der Waals surface area contributed by atoms with E-state index in [1.165, 1.54) is 70.4 Å². The van der Waals surface area contributed by atoms with Gasteiger partial charge in [0.2, 0.25) is 17.8 Å². The van der Waals surface area contributed by atoms with Crippen molar-refractivity contribution < 1.29 is 102 Å². The van der Waals surface area contributed by atoms with Crippen molar-refractivity contribution in [2.24, 2.45) is 51.5 Å². The molecule has 2 fully saturated rings. The monoisotopic (exact) mass is 1600 g/mol. The molecule has 6 rings (SSSR count). The van der Waals surface area contributed by atoms with Gasteiger partial charge in [0, 0.05) is 92.0 Å². The molecule has 2 unspecified atom stereocenters. The molecule has 1 aromatic carbocycles. The standard InChI is InChI=1S/C36H46N12O12.C35H54N2O10S3/c1-40-30(55)19(14-27(53)54)12-25(50)23(3-2-10-41-35(37)38)45-32(57)18(13-26(51)52)11-22(49)8-9-24(34(59)60)46-31(56)17-4-6-20(7-5-17)42-15-21-16-43-29-28(44-21)33(58)48-36(39)47-29;1-20-9-8-10-26-27(37(26)11-12-45-34(44)46-13-14-49-50-18-22(3)33(42)43)16-28(21(2)15-25-19-48-24(5)36-25)47-30(39)17-29(38)35(6,7)32(41)23(4)31(20)40/h4-7,16,18-19,23-24,42H,2-3,8-15H2,1H3,(H,40,55)(H,45,57)(H,46,56)(H,51,52)(H,53,54)(H,59,60)(H4,37,38,41)(H3,39,43,47,48,58);15,19-20,22-23,26-29,31,38,40H,8-14,16-18H2,1-7H3,(H,42,43)/b;21-15+/t18-,19-,23-,24-;20-,22?,23+,26+,27-,28-,29-,31-,37?/m00/s1. The van der Waals surface area contributed by atoms with E-state index in [4.69, 9.17) is 36.5 Å². The smallest absolute Gasteiger partial charge is 0.481 e. The Hall–Kier alpha value is -9.70. The summed E-state index contributed by atoms with van der Waals surface area (Å²) in [5.74, 6) is -13.6. The number of nitrogen functional groups attached to an aromatic ring is 1. The number of carbonyl (C=O) groups excluding carboxylic acids is 8. The van der Waals surface area contributed by atoms with E-state index in [1.807, 2.05) is 32.2 Å². The first-order chi connectivity index (χ1) is 51.9. The minimum absolute atomic E-state index is 0.00691. The van der Waals surface area contributed by atoms with E-state index in [2.05, 4.69) is 56.1 Å². The van der Waals surface area contributed by atoms with Crippen LogP contribution in [0.3, 0.4) is 0 Å². The number of aliphatic hydroxyl groups excluding tert-OH is 2. The van der Waals surface area contributed by atoms with Crippen LogP contribution in [0.1, 0.15) is 152 Å². The number of Topliss-reactive ketones (excluding diaryl/α,β-unsaturated/α-hetero) is 3. The summed E-state index contributed by atoms with van der Waals surface area (Å²) >= 11 is 1.52. The van der Waals surface area contributed by atoms with Crippen molar-refractivity contribution in [1.29, 1.82) is 0 Å². The van der Waals surface area contributed by atoms with Crippen molar-refractivity contribution >= 4 is 139 Å². The van der Waals surface area contributed by atoms with E-state index in [0.717, 1.165) is 29.1 Å². The van der Waals surface area contributed by atoms with E-state index in [9.17, 15) is 87.9 Å². The van der Waals surface area contributed by atoms with Gasteiger partial charge in [-0.2, -0.15) is 4.98 Å². The summed E-state index contributed by atoms with van der Waals surface area (Å²) in [5.41, 5.74) is 17.0. The molecule has 110 heavy (non-hydrogen) atoms. The van der Waals surface area contributed by atoms with Gasteiger partial charge in [0.1, 0.15) is 36.9 Å². The number of guanidine groups is 1. The number of aryl methyl sites for hydroxylation is 1. The Morgan fingerprint density at radius 2 is 1.53 bits per heavy atom. The minimum atomic E-state index is -1.56. The highest BCUT2D eigenvalue weighted by Gasteiger charge is 2.49. The predicted molar refractivity (Wildman–Crippen MR) is 407 cm³/mol. The second kappa shape index (κ2) is 44.2. The van der Waals surface area contributed by atoms with Crippen LogP contribution in [0.4, 0.5) is 16.4 Å². The third kappa shape index (κ3) is 29.9. The first-order valence-corrected chi connectivity index (χ1v) is 38.9. The number of thiazole rings is 1. The third-order valence-electron chi connectivity index (χ3n) is 18.6. The average molecular weight is 1600 g/mol. The maximum absolute atomic E-state index is 13.4. The van der Waals surface area contributed by atoms with Gasteiger partial charge in [-0.1, -0.05) is 62.6 Å². The summed E-state index contributed by atoms with van der Waals surface area (Å²) in [6.45, 7) is 13.1. The number of esters is 1. The van der Waals surface area contributed by atoms with Gasteiger partial charge >= 0.3 is 36.0 Å². The predicted octanol–water partition coefficient (Wildman–Crippen LogP) is 3.88. The lowest BCUT2D eigenvalue weighted by atomic mass is 9.73. The van der Waals surface area contributed by atoms with Crippen LogP contribution in [0, 0.1) is 41.9 Å². The number of fused-ring (bicyclic) bond motifs is 2. The van der Waals surface area contributed by atoms with Crippen LogP contribution >= 0.6 is 32.9 Å². The molecule has 2 aliphatic rings. The maximum Gasteiger partial charge on any atom is 0.508 e. The molecule has 39 heteroatoms. The number of cyclic esters (lactones) is 1. The number of aliphatic hydroxyl groups is 2. The summed E-state index contributed by atoms with van der Waals surface area (Å²) < 4.78 is 16.5. The molecule has 0 saturated carbocycles. The fraction of sp³-hybridized carbons (Fsp3) is 0.577. The van der Waals surface area contributed by atoms with Crippen LogP contribution in [-0.2, 0) is 68.7 Å². The van der Waals surface area contributed by atoms with Crippen molar-refractivity contribution in [1.82, 2.24) is 45.8 Å². The molecule has 0 bridgehead atoms. The lowest BCUT2D eigenvalue weighted by Crippen LogP contribution is -2.46. The van der Waals surface area contributed by atoms with Crippen molar-refractivity contribution in [2.45, 2.75) is 181 Å². The molecule has 2 saturated heterocycles. The number of nitrogens with two attached hydrogens (primary N) is 3. The van der Waals surface area contributed by atoms with E-state index in [-0.39, 0.29) is 98.0 Å². The van der Waals surface area contributed by atoms with Gasteiger partial charge in [0.15, 0.2) is 22.9 Å². The molecule has 13 atom stereocenters. The molecule has 0 aliphatic carbocycles. The number of hydrogen-bond acceptors (Lipinski definition) is 29. The van der Waals surface area contributed by atoms with Gasteiger partial charge in [0.25, 0.3) is 11.5 Å². The number of carbonyl (C=O) groups is 12. The minimum Gasteiger partial charge on any atom is -0.481 e. The highest BCUT2D eigenvalue weighted by atomic mass is 33.1. The molecule has 0 radical (unpaired) electrons. The lowest BCUT2D eigenvalue weighted by Gasteiger charge is -2.34. The van der Waals surface area contributed by atoms with Gasteiger partial charge < -0.3 is 83.3 Å². The number of aliphatic carboxylic acids is 4. The number of anilines is 2. The fourth-order valence-electron chi connectivity index (χ4n) is 12.0. The highest BCUT2D eigenvalue weighted by molar-refractivity contribution is 8.76. The summed E-state index contributed by atoms with van der Waals surface area (Å²) in [6, 6.07) is 3.13. The molecule has 3 aromatic heterocycles. The quantitative estimate of drug-likeness (QED) is 0.00760. The Kier molecular flexibility index (Phi) is 36.6. The molecule has 17 N–H and O–H groups in total. The van der Waals surface area contributed by atoms with Gasteiger partial charge in [-0.05, 0) is 87.8 Å². The first-order valence-electron chi connectivity index (χ1n) is 35.6. The summed E-state index contributed by atoms with van der Waals surface area (Å²) in [6.07, 6.45) is -1.53. The van der Waals surface area contributed by atoms with Crippen LogP contribution in [0.5, 0.6) is 0 Å². The number of nitrogens with zero attached hydrogens (tertiary/aromatic N) is 6. The summed E-state index contributed by atoms with van der Waals surface area (Å²) in [5, 5.41) is 72.6. The van der Waals surface area contributed by atoms with Gasteiger partial charge in [-0.25, -0.2) is 24.5 Å². The molecule has 3 amide bonds. The molecular weight excluding hydrogens is 1500 g/mol. The number of benzene rings is 1. The molecule has 0 spiro atoms. The molecule has 604 valence electrons. The molecule has 2 aliphatic heterocycles. The fourth-order valence-corrected chi connectivity index (χ4v) is 14.8. The number of nitrogens with one attached hydrogen (secondary N) is 5. The SMILES string of the molecule is C/C(=C\c1csc(C)n1)[C@@H]1C[C@H]2[C@@H](CCC[C@H](C)[C@H](O)[C@@H](C)C(=O)C(C)(C)[C@@H](O)CC(=O)O1)N2CCOC(=O)OCCSSCC(C)C(=O)O.CNC(=O)[C@H](CC(=O)O)CC(=O)[C@H](CCCN=C(N)N)NC(=O)[C@H](CC(=O)O)CC(=O)CC[C@H](NC(=O)c1ccc(NCc2cnc3nc(N)[nH]c(=O)c3n2)cc1)C(=O)O. The number of aromatic nitrogens is 5. The van der Waals surface area contributed by atoms with Gasteiger partial charge in [-0.15, -0.1) is 11.3 Å². The van der Waals surface area contributed by atoms with E-state index < -0.39 is 169 Å². The van der Waals surface area contributed by atoms with Crippen LogP contribution in [0.25, 0.3) is 17.2 Å². The zero-order valence-corrected chi connectivity index (χ0v) is 64.9. The van der Waals surface area contributed by atoms with Crippen molar-refractivity contribution in [3.8, 4) is 0 Å². The Morgan fingerprint density at radius 3 is 2.15 bits per heavy atom. The number of ether oxygens (including phenoxy) is 3. The largest absolute Gasteiger partial charge is 0.508 e. The molecule has 5 heterocycles. The molecular formula is C71H100N14O22S3. The van der Waals surface area contributed by atoms with E-state index in [1.54, 1.807) is 27.7 Å². The summed E-state index contributed by atoms with van der Waals surface area (Å²) in [4.78, 5) is 187. The third-order valence-corrected chi connectivity index (χ3v) is 21.9. The number of H-pyrrole nitrogens is 1. The molecule has 4 aromatic rings. The number of rotatable bonds is 37. The number of hydrogen-bond donors (Lipinski definition) is 14. The zero-order chi connectivity index (χ0) is 81.7. The number of carboxylic acids is 4. The Bertz CT molecular complexity index is 4000. The van der Waals surface area contributed by atoms with Crippen LogP contribution < -0.4 is 44.0 Å². The maximum atomic E-state index is 13.4. The van der Waals surface area contributed by atoms with E-state index >= 15 is 0 Å². The van der Waals surface area contributed by atoms with E-state index in [0.29, 0.717) is 42.3 Å². The number of amides is 3. The zero-order valence-electron chi connectivity index (χ0n) is 62.5. The van der Waals surface area contributed by atoms with Crippen LogP contribution in [0.2, 0.25) is 0 Å². The number of aromatic amines is 1. The first kappa shape index (κ1) is 90.9. The van der Waals surface area contributed by atoms with Gasteiger partial charge in [-0.3, -0.25) is 67.6 Å². The Morgan fingerprint density at radius 1 is 0.855 bits per heavy atom. The lowest BCUT2D eigenvalue weighted by molar-refractivity contribution is -0.155. The Labute approximate surface area is 645 Å². The van der Waals surface area contributed by atoms with Crippen molar-refractivity contribution in [2.75, 3.05) is 55.9 Å². The van der Waals surface area contributed by atoms with Gasteiger partial charge in [0.05, 0.1) is 89.8 Å². The number of carboxylic acid groups (broad SMARTS) is 4. The Balaban J connectivity index is 0.000000400. The highest BCUT2D eigenvalue weighted by Crippen LogP contribution is 2.40. The second-order valence-electron chi connectivity index (χ2n) is 27.5. The topological polar surface area (TPSA) is 580 Å². The number of aliphatic imine (C=N–C) groups is 1. The normalized spacial score (nSPS) is 20.7.